The van der Waals surface area contributed by atoms with Crippen molar-refractivity contribution in [2.75, 3.05) is 43.9 Å². The van der Waals surface area contributed by atoms with E-state index in [4.69, 9.17) is 20.4 Å². The Morgan fingerprint density at radius 3 is 2.54 bits per heavy atom. The van der Waals surface area contributed by atoms with Crippen LogP contribution in [-0.2, 0) is 0 Å². The second kappa shape index (κ2) is 6.43. The average molecular weight is 327 g/mol. The molecule has 128 valence electrons. The smallest absolute Gasteiger partial charge is 0.258 e. The molecule has 0 bridgehead atoms. The SMILES string of the molecule is CN1CCC(Oc2nc3ccc(N)cc3nc2N2CCCC2)CC1. The van der Waals surface area contributed by atoms with Crippen LogP contribution >= 0.6 is 0 Å². The van der Waals surface area contributed by atoms with E-state index >= 15 is 0 Å². The van der Waals surface area contributed by atoms with Gasteiger partial charge in [-0.05, 0) is 50.9 Å². The third-order valence-corrected chi connectivity index (χ3v) is 4.99. The lowest BCUT2D eigenvalue weighted by molar-refractivity contribution is 0.110. The maximum Gasteiger partial charge on any atom is 0.258 e. The zero-order valence-corrected chi connectivity index (χ0v) is 14.2. The van der Waals surface area contributed by atoms with Gasteiger partial charge in [0.25, 0.3) is 5.88 Å². The molecule has 1 aromatic carbocycles. The summed E-state index contributed by atoms with van der Waals surface area (Å²) in [4.78, 5) is 14.3. The Labute approximate surface area is 142 Å². The van der Waals surface area contributed by atoms with Gasteiger partial charge in [-0.3, -0.25) is 0 Å². The monoisotopic (exact) mass is 327 g/mol. The number of likely N-dealkylation sites (tertiary alicyclic amines) is 1. The van der Waals surface area contributed by atoms with Gasteiger partial charge in [-0.1, -0.05) is 0 Å². The second-order valence-electron chi connectivity index (χ2n) is 6.92. The second-order valence-corrected chi connectivity index (χ2v) is 6.92. The van der Waals surface area contributed by atoms with Gasteiger partial charge in [0.15, 0.2) is 5.82 Å². The summed E-state index contributed by atoms with van der Waals surface area (Å²) < 4.78 is 6.31. The number of aromatic nitrogens is 2. The Morgan fingerprint density at radius 1 is 1.04 bits per heavy atom. The van der Waals surface area contributed by atoms with E-state index in [2.05, 4.69) is 16.8 Å². The van der Waals surface area contributed by atoms with Crippen molar-refractivity contribution in [3.05, 3.63) is 18.2 Å². The number of hydrogen-bond donors (Lipinski definition) is 1. The lowest BCUT2D eigenvalue weighted by Crippen LogP contribution is -2.36. The van der Waals surface area contributed by atoms with Gasteiger partial charge in [-0.15, -0.1) is 0 Å². The van der Waals surface area contributed by atoms with Gasteiger partial charge in [0.05, 0.1) is 11.0 Å². The average Bonchev–Trinajstić information content (AvgIpc) is 3.11. The molecule has 1 aromatic heterocycles. The molecule has 0 atom stereocenters. The Morgan fingerprint density at radius 2 is 1.79 bits per heavy atom. The molecular weight excluding hydrogens is 302 g/mol. The molecule has 2 aliphatic rings. The van der Waals surface area contributed by atoms with Crippen LogP contribution in [-0.4, -0.2) is 54.2 Å². The Kier molecular flexibility index (Phi) is 4.14. The van der Waals surface area contributed by atoms with E-state index in [0.717, 1.165) is 55.9 Å². The molecule has 0 spiro atoms. The molecule has 6 nitrogen and oxygen atoms in total. The number of nitrogens with two attached hydrogens (primary N) is 1. The zero-order chi connectivity index (χ0) is 16.5. The lowest BCUT2D eigenvalue weighted by Gasteiger charge is -2.30. The predicted octanol–water partition coefficient (Wildman–Crippen LogP) is 2.29. The van der Waals surface area contributed by atoms with Crippen LogP contribution in [0.1, 0.15) is 25.7 Å². The largest absolute Gasteiger partial charge is 0.472 e. The molecule has 0 unspecified atom stereocenters. The number of ether oxygens (including phenoxy) is 1. The van der Waals surface area contributed by atoms with Crippen LogP contribution in [0, 0.1) is 0 Å². The van der Waals surface area contributed by atoms with Gasteiger partial charge in [0.2, 0.25) is 0 Å². The Hall–Kier alpha value is -2.08. The number of hydrogen-bond acceptors (Lipinski definition) is 6. The first-order valence-electron chi connectivity index (χ1n) is 8.86. The minimum absolute atomic E-state index is 0.225. The molecule has 2 N–H and O–H groups in total. The molecule has 0 amide bonds. The lowest BCUT2D eigenvalue weighted by atomic mass is 10.1. The molecule has 2 fully saturated rings. The van der Waals surface area contributed by atoms with E-state index in [-0.39, 0.29) is 6.10 Å². The van der Waals surface area contributed by atoms with Crippen LogP contribution in [0.4, 0.5) is 11.5 Å². The molecule has 4 rings (SSSR count). The van der Waals surface area contributed by atoms with Crippen LogP contribution in [0.25, 0.3) is 11.0 Å². The molecule has 2 aromatic rings. The topological polar surface area (TPSA) is 67.5 Å². The van der Waals surface area contributed by atoms with E-state index in [1.807, 2.05) is 18.2 Å². The first kappa shape index (κ1) is 15.4. The standard InChI is InChI=1S/C18H25N5O/c1-22-10-6-14(7-11-22)24-18-17(23-8-2-3-9-23)20-16-12-13(19)4-5-15(16)21-18/h4-5,12,14H,2-3,6-11,19H2,1H3. The quantitative estimate of drug-likeness (QED) is 0.873. The van der Waals surface area contributed by atoms with Crippen molar-refractivity contribution in [1.29, 1.82) is 0 Å². The van der Waals surface area contributed by atoms with Crippen molar-refractivity contribution in [3.63, 3.8) is 0 Å². The first-order valence-corrected chi connectivity index (χ1v) is 8.86. The van der Waals surface area contributed by atoms with Gasteiger partial charge in [-0.25, -0.2) is 9.97 Å². The molecule has 0 aliphatic carbocycles. The fourth-order valence-electron chi connectivity index (χ4n) is 3.52. The summed E-state index contributed by atoms with van der Waals surface area (Å²) in [5.41, 5.74) is 8.31. The number of anilines is 2. The van der Waals surface area contributed by atoms with E-state index in [1.165, 1.54) is 12.8 Å². The molecular formula is C18H25N5O. The summed E-state index contributed by atoms with van der Waals surface area (Å²) in [5, 5.41) is 0. The highest BCUT2D eigenvalue weighted by atomic mass is 16.5. The fraction of sp³-hybridized carbons (Fsp3) is 0.556. The summed E-state index contributed by atoms with van der Waals surface area (Å²) in [5.74, 6) is 1.56. The van der Waals surface area contributed by atoms with Crippen molar-refractivity contribution in [2.24, 2.45) is 0 Å². The van der Waals surface area contributed by atoms with Gasteiger partial charge < -0.3 is 20.3 Å². The van der Waals surface area contributed by atoms with Gasteiger partial charge >= 0.3 is 0 Å². The van der Waals surface area contributed by atoms with E-state index in [1.54, 1.807) is 0 Å². The maximum absolute atomic E-state index is 6.31. The van der Waals surface area contributed by atoms with Crippen LogP contribution in [0.15, 0.2) is 18.2 Å². The molecule has 3 heterocycles. The normalized spacial score (nSPS) is 20.0. The number of fused-ring (bicyclic) bond motifs is 1. The molecule has 24 heavy (non-hydrogen) atoms. The van der Waals surface area contributed by atoms with Crippen molar-refractivity contribution < 1.29 is 4.74 Å². The van der Waals surface area contributed by atoms with E-state index in [9.17, 15) is 0 Å². The van der Waals surface area contributed by atoms with E-state index < -0.39 is 0 Å². The molecule has 6 heteroatoms. The highest BCUT2D eigenvalue weighted by molar-refractivity contribution is 5.80. The highest BCUT2D eigenvalue weighted by Gasteiger charge is 2.24. The van der Waals surface area contributed by atoms with Crippen molar-refractivity contribution >= 4 is 22.5 Å². The maximum atomic E-state index is 6.31. The van der Waals surface area contributed by atoms with Crippen molar-refractivity contribution in [1.82, 2.24) is 14.9 Å². The summed E-state index contributed by atoms with van der Waals surface area (Å²) >= 11 is 0. The van der Waals surface area contributed by atoms with Gasteiger partial charge in [0.1, 0.15) is 6.10 Å². The number of nitrogen functional groups attached to an aromatic ring is 1. The fourth-order valence-corrected chi connectivity index (χ4v) is 3.52. The van der Waals surface area contributed by atoms with Gasteiger partial charge in [-0.2, -0.15) is 0 Å². The van der Waals surface area contributed by atoms with Gasteiger partial charge in [0, 0.05) is 31.9 Å². The predicted molar refractivity (Wildman–Crippen MR) is 96.5 cm³/mol. The minimum atomic E-state index is 0.225. The highest BCUT2D eigenvalue weighted by Crippen LogP contribution is 2.32. The zero-order valence-electron chi connectivity index (χ0n) is 14.2. The van der Waals surface area contributed by atoms with Crippen LogP contribution in [0.3, 0.4) is 0 Å². The summed E-state index contributed by atoms with van der Waals surface area (Å²) in [6.07, 6.45) is 4.70. The third kappa shape index (κ3) is 3.11. The Balaban J connectivity index is 1.68. The Bertz CT molecular complexity index is 721. The third-order valence-electron chi connectivity index (χ3n) is 4.99. The summed E-state index contributed by atoms with van der Waals surface area (Å²) in [6, 6.07) is 5.68. The number of benzene rings is 1. The number of piperidine rings is 1. The van der Waals surface area contributed by atoms with Crippen LogP contribution < -0.4 is 15.4 Å². The minimum Gasteiger partial charge on any atom is -0.472 e. The molecule has 0 saturated carbocycles. The van der Waals surface area contributed by atoms with Crippen molar-refractivity contribution in [3.8, 4) is 5.88 Å². The first-order chi connectivity index (χ1) is 11.7. The van der Waals surface area contributed by atoms with Crippen LogP contribution in [0.2, 0.25) is 0 Å². The molecule has 2 aliphatic heterocycles. The van der Waals surface area contributed by atoms with E-state index in [0.29, 0.717) is 11.6 Å². The number of rotatable bonds is 3. The number of nitrogens with zero attached hydrogens (tertiary/aromatic N) is 4. The summed E-state index contributed by atoms with van der Waals surface area (Å²) in [7, 11) is 2.16. The molecule has 2 saturated heterocycles. The van der Waals surface area contributed by atoms with Crippen molar-refractivity contribution in [2.45, 2.75) is 31.8 Å². The van der Waals surface area contributed by atoms with Crippen LogP contribution in [0.5, 0.6) is 5.88 Å². The summed E-state index contributed by atoms with van der Waals surface area (Å²) in [6.45, 7) is 4.18. The molecule has 0 radical (unpaired) electrons.